The average Bonchev–Trinajstić information content (AvgIpc) is 3.06. The zero-order valence-electron chi connectivity index (χ0n) is 16.2. The van der Waals surface area contributed by atoms with Crippen molar-refractivity contribution >= 4 is 11.7 Å². The molecule has 1 aliphatic carbocycles. The summed E-state index contributed by atoms with van der Waals surface area (Å²) in [5.74, 6) is -2.76. The maximum absolute atomic E-state index is 12.7. The van der Waals surface area contributed by atoms with Crippen LogP contribution in [0.2, 0.25) is 0 Å². The van der Waals surface area contributed by atoms with E-state index < -0.39 is 24.2 Å². The van der Waals surface area contributed by atoms with E-state index in [0.29, 0.717) is 32.5 Å². The number of hydrogen-bond acceptors (Lipinski definition) is 6. The van der Waals surface area contributed by atoms with E-state index in [1.54, 1.807) is 12.4 Å². The van der Waals surface area contributed by atoms with Gasteiger partial charge in [0.05, 0.1) is 43.4 Å². The molecule has 2 aliphatic heterocycles. The average molecular weight is 460 g/mol. The Morgan fingerprint density at radius 2 is 1.74 bits per heavy atom. The zero-order chi connectivity index (χ0) is 23.0. The van der Waals surface area contributed by atoms with E-state index in [0.717, 1.165) is 18.5 Å². The fourth-order valence-electron chi connectivity index (χ4n) is 4.12. The molecule has 1 unspecified atom stereocenters. The quantitative estimate of drug-likeness (QED) is 0.669. The number of aliphatic carboxylic acids is 1. The molecule has 3 aliphatic rings. The number of alkyl halides is 6. The third kappa shape index (κ3) is 5.41. The number of ether oxygens (including phenoxy) is 2. The van der Waals surface area contributed by atoms with Gasteiger partial charge in [-0.25, -0.2) is 9.48 Å². The largest absolute Gasteiger partial charge is 0.524 e. The van der Waals surface area contributed by atoms with Crippen molar-refractivity contribution in [2.75, 3.05) is 18.1 Å². The summed E-state index contributed by atoms with van der Waals surface area (Å²) in [6.45, 7) is 1.17. The van der Waals surface area contributed by atoms with E-state index in [4.69, 9.17) is 20.4 Å². The Hall–Kier alpha value is -2.06. The van der Waals surface area contributed by atoms with Crippen molar-refractivity contribution in [1.82, 2.24) is 9.78 Å². The maximum Gasteiger partial charge on any atom is 0.524 e. The second-order valence-electron chi connectivity index (χ2n) is 7.78. The number of piperidine rings is 1. The molecule has 14 heteroatoms. The van der Waals surface area contributed by atoms with Crippen LogP contribution < -0.4 is 10.6 Å². The molecule has 4 rings (SSSR count). The molecule has 176 valence electrons. The number of carbonyl (C=O) groups is 1. The molecule has 3 fully saturated rings. The van der Waals surface area contributed by atoms with E-state index in [-0.39, 0.29) is 18.1 Å². The minimum atomic E-state index is -5.08. The van der Waals surface area contributed by atoms with Crippen molar-refractivity contribution in [3.8, 4) is 0 Å². The van der Waals surface area contributed by atoms with Gasteiger partial charge in [-0.1, -0.05) is 0 Å². The first-order chi connectivity index (χ1) is 14.3. The van der Waals surface area contributed by atoms with E-state index in [9.17, 15) is 26.3 Å². The number of halogens is 6. The Labute approximate surface area is 172 Å². The molecule has 0 amide bonds. The number of hydrogen-bond donors (Lipinski definition) is 2. The summed E-state index contributed by atoms with van der Waals surface area (Å²) in [5.41, 5.74) is 5.51. The summed E-state index contributed by atoms with van der Waals surface area (Å²) >= 11 is 0. The van der Waals surface area contributed by atoms with Gasteiger partial charge in [0.15, 0.2) is 5.72 Å². The lowest BCUT2D eigenvalue weighted by molar-refractivity contribution is -0.402. The molecule has 2 bridgehead atoms. The summed E-state index contributed by atoms with van der Waals surface area (Å²) in [6.07, 6.45) is -3.51. The minimum absolute atomic E-state index is 0.140. The number of nitrogens with two attached hydrogens (primary N) is 1. The van der Waals surface area contributed by atoms with Crippen LogP contribution in [-0.4, -0.2) is 64.7 Å². The van der Waals surface area contributed by atoms with Gasteiger partial charge in [-0.05, 0) is 32.1 Å². The number of anilines is 1. The van der Waals surface area contributed by atoms with Crippen molar-refractivity contribution in [3.63, 3.8) is 0 Å². The lowest BCUT2D eigenvalue weighted by Crippen LogP contribution is -2.59. The highest BCUT2D eigenvalue weighted by molar-refractivity contribution is 5.73. The molecule has 0 spiro atoms. The Bertz CT molecular complexity index is 765. The van der Waals surface area contributed by atoms with E-state index in [2.05, 4.69) is 14.7 Å². The molecule has 2 saturated heterocycles. The van der Waals surface area contributed by atoms with Crippen LogP contribution in [0.25, 0.3) is 0 Å². The SMILES string of the molecule is NC1C[C@H]2COC[C@@H](C1)N2c1cnn(C2(OC(F)(F)F)CCC2)c1.O=C(O)C(F)(F)F. The molecule has 1 aromatic rings. The van der Waals surface area contributed by atoms with Crippen LogP contribution in [-0.2, 0) is 20.0 Å². The van der Waals surface area contributed by atoms with Crippen molar-refractivity contribution in [1.29, 1.82) is 0 Å². The van der Waals surface area contributed by atoms with Gasteiger partial charge in [-0.3, -0.25) is 4.74 Å². The summed E-state index contributed by atoms with van der Waals surface area (Å²) in [6, 6.07) is 0.429. The first-order valence-electron chi connectivity index (χ1n) is 9.54. The highest BCUT2D eigenvalue weighted by atomic mass is 19.4. The van der Waals surface area contributed by atoms with Gasteiger partial charge in [-0.15, -0.1) is 13.2 Å². The number of aromatic nitrogens is 2. The summed E-state index contributed by atoms with van der Waals surface area (Å²) in [4.78, 5) is 11.1. The van der Waals surface area contributed by atoms with Crippen molar-refractivity contribution in [2.45, 2.75) is 68.5 Å². The molecule has 1 saturated carbocycles. The van der Waals surface area contributed by atoms with Crippen LogP contribution >= 0.6 is 0 Å². The first-order valence-corrected chi connectivity index (χ1v) is 9.54. The maximum atomic E-state index is 12.7. The second-order valence-corrected chi connectivity index (χ2v) is 7.78. The number of carboxylic acids is 1. The molecule has 0 aromatic carbocycles. The molecule has 8 nitrogen and oxygen atoms in total. The van der Waals surface area contributed by atoms with Gasteiger partial charge in [0.2, 0.25) is 0 Å². The van der Waals surface area contributed by atoms with Crippen LogP contribution in [0, 0.1) is 0 Å². The van der Waals surface area contributed by atoms with E-state index in [1.165, 1.54) is 4.68 Å². The molecular weight excluding hydrogens is 438 g/mol. The second kappa shape index (κ2) is 8.47. The topological polar surface area (TPSA) is 103 Å². The number of carboxylic acid groups (broad SMARTS) is 1. The monoisotopic (exact) mass is 460 g/mol. The Morgan fingerprint density at radius 3 is 2.16 bits per heavy atom. The van der Waals surface area contributed by atoms with E-state index in [1.807, 2.05) is 0 Å². The fourth-order valence-corrected chi connectivity index (χ4v) is 4.12. The number of fused-ring (bicyclic) bond motifs is 2. The van der Waals surface area contributed by atoms with Gasteiger partial charge in [0, 0.05) is 6.04 Å². The van der Waals surface area contributed by atoms with Crippen LogP contribution in [0.15, 0.2) is 12.4 Å². The predicted molar refractivity (Wildman–Crippen MR) is 93.0 cm³/mol. The van der Waals surface area contributed by atoms with Crippen molar-refractivity contribution in [2.24, 2.45) is 5.73 Å². The fraction of sp³-hybridized carbons (Fsp3) is 0.765. The van der Waals surface area contributed by atoms with Gasteiger partial charge in [0.25, 0.3) is 0 Å². The van der Waals surface area contributed by atoms with Gasteiger partial charge >= 0.3 is 18.5 Å². The zero-order valence-corrected chi connectivity index (χ0v) is 16.2. The molecule has 3 heterocycles. The van der Waals surface area contributed by atoms with Crippen molar-refractivity contribution in [3.05, 3.63) is 12.4 Å². The van der Waals surface area contributed by atoms with Crippen LogP contribution in [0.4, 0.5) is 32.0 Å². The normalized spacial score (nSPS) is 27.7. The third-order valence-corrected chi connectivity index (χ3v) is 5.52. The third-order valence-electron chi connectivity index (χ3n) is 5.52. The Kier molecular flexibility index (Phi) is 6.45. The molecule has 1 aromatic heterocycles. The van der Waals surface area contributed by atoms with Crippen LogP contribution in [0.5, 0.6) is 0 Å². The van der Waals surface area contributed by atoms with Crippen LogP contribution in [0.1, 0.15) is 32.1 Å². The minimum Gasteiger partial charge on any atom is -0.475 e. The molecule has 0 radical (unpaired) electrons. The van der Waals surface area contributed by atoms with Gasteiger partial charge in [0.1, 0.15) is 0 Å². The number of morpholine rings is 1. The van der Waals surface area contributed by atoms with Crippen LogP contribution in [0.3, 0.4) is 0 Å². The first kappa shape index (κ1) is 23.6. The Morgan fingerprint density at radius 1 is 1.19 bits per heavy atom. The lowest BCUT2D eigenvalue weighted by atomic mass is 9.88. The number of rotatable bonds is 3. The summed E-state index contributed by atoms with van der Waals surface area (Å²) < 4.78 is 81.3. The standard InChI is InChI=1S/C15H21F3N4O2.C2HF3O2/c16-15(17,18)24-14(2-1-3-14)21-7-13(6-20-21)22-11-4-10(19)5-12(22)9-23-8-11;3-2(4,5)1(6)7/h6-7,10-12H,1-5,8-9,19H2;(H,6,7)/t10?,11-,12+;. The molecule has 3 atom stereocenters. The van der Waals surface area contributed by atoms with E-state index >= 15 is 0 Å². The lowest BCUT2D eigenvalue weighted by Gasteiger charge is -2.48. The predicted octanol–water partition coefficient (Wildman–Crippen LogP) is 2.58. The van der Waals surface area contributed by atoms with Gasteiger partial charge in [-0.2, -0.15) is 18.3 Å². The summed E-state index contributed by atoms with van der Waals surface area (Å²) in [5, 5.41) is 11.3. The highest BCUT2D eigenvalue weighted by Crippen LogP contribution is 2.45. The molecule has 3 N–H and O–H groups in total. The molecular formula is C17H22F6N4O4. The molecule has 31 heavy (non-hydrogen) atoms. The highest BCUT2D eigenvalue weighted by Gasteiger charge is 2.50. The summed E-state index contributed by atoms with van der Waals surface area (Å²) in [7, 11) is 0. The Balaban J connectivity index is 0.000000339. The van der Waals surface area contributed by atoms with Crippen molar-refractivity contribution < 1.29 is 45.7 Å². The number of nitrogens with zero attached hydrogens (tertiary/aromatic N) is 3. The smallest absolute Gasteiger partial charge is 0.475 e. The van der Waals surface area contributed by atoms with Gasteiger partial charge < -0.3 is 20.5 Å².